The molecular formula is C21H28Cl2N2O. The van der Waals surface area contributed by atoms with Crippen LogP contribution in [-0.2, 0) is 17.9 Å². The first kappa shape index (κ1) is 19.7. The molecule has 1 heterocycles. The lowest BCUT2D eigenvalue weighted by Gasteiger charge is -2.42. The second-order valence-corrected chi connectivity index (χ2v) is 8.80. The van der Waals surface area contributed by atoms with E-state index >= 15 is 0 Å². The van der Waals surface area contributed by atoms with Gasteiger partial charge in [0.1, 0.15) is 0 Å². The summed E-state index contributed by atoms with van der Waals surface area (Å²) >= 11 is 12.4. The zero-order valence-electron chi connectivity index (χ0n) is 15.7. The molecule has 0 radical (unpaired) electrons. The van der Waals surface area contributed by atoms with Gasteiger partial charge in [-0.05, 0) is 54.2 Å². The molecule has 26 heavy (non-hydrogen) atoms. The fourth-order valence-electron chi connectivity index (χ4n) is 4.70. The minimum atomic E-state index is 0.133. The summed E-state index contributed by atoms with van der Waals surface area (Å²) in [6, 6.07) is 5.60. The van der Waals surface area contributed by atoms with Crippen molar-refractivity contribution in [3.8, 4) is 0 Å². The van der Waals surface area contributed by atoms with Crippen molar-refractivity contribution in [1.29, 1.82) is 0 Å². The van der Waals surface area contributed by atoms with Crippen molar-refractivity contribution in [3.63, 3.8) is 0 Å². The molecule has 0 saturated heterocycles. The van der Waals surface area contributed by atoms with Crippen LogP contribution >= 0.6 is 23.2 Å². The van der Waals surface area contributed by atoms with Gasteiger partial charge >= 0.3 is 0 Å². The van der Waals surface area contributed by atoms with E-state index in [0.717, 1.165) is 18.0 Å². The predicted octanol–water partition coefficient (Wildman–Crippen LogP) is 6.09. The molecule has 1 aliphatic carbocycles. The molecule has 1 aromatic heterocycles. The number of hydrogen-bond donors (Lipinski definition) is 0. The molecule has 1 aliphatic rings. The Kier molecular flexibility index (Phi) is 6.65. The highest BCUT2D eigenvalue weighted by Crippen LogP contribution is 2.41. The molecule has 142 valence electrons. The van der Waals surface area contributed by atoms with Gasteiger partial charge in [-0.1, -0.05) is 50.0 Å². The molecule has 3 atom stereocenters. The van der Waals surface area contributed by atoms with E-state index in [1.807, 2.05) is 30.9 Å². The highest BCUT2D eigenvalue weighted by molar-refractivity contribution is 6.35. The number of halogens is 2. The largest absolute Gasteiger partial charge is 0.371 e. The first-order valence-corrected chi connectivity index (χ1v) is 10.2. The first-order valence-electron chi connectivity index (χ1n) is 9.45. The zero-order chi connectivity index (χ0) is 18.7. The monoisotopic (exact) mass is 394 g/mol. The second kappa shape index (κ2) is 8.77. The van der Waals surface area contributed by atoms with Gasteiger partial charge in [0, 0.05) is 22.4 Å². The topological polar surface area (TPSA) is 27.1 Å². The number of rotatable bonds is 6. The van der Waals surface area contributed by atoms with Gasteiger partial charge in [-0.25, -0.2) is 4.98 Å². The molecule has 3 nitrogen and oxygen atoms in total. The van der Waals surface area contributed by atoms with Crippen molar-refractivity contribution >= 4 is 23.2 Å². The molecule has 1 aromatic carbocycles. The standard InChI is InChI=1S/C21H28Cl2N2O/c1-14-8-15(2)21(16(3)9-14)20(11-25-7-6-24-13-25)26-12-17-4-5-18(22)10-19(17)23/h4-7,10,13-16,20-21H,8-9,11-12H2,1-3H3. The Hall–Kier alpha value is -1.03. The summed E-state index contributed by atoms with van der Waals surface area (Å²) in [5.74, 6) is 2.60. The van der Waals surface area contributed by atoms with Gasteiger partial charge in [0.2, 0.25) is 0 Å². The van der Waals surface area contributed by atoms with Crippen molar-refractivity contribution in [1.82, 2.24) is 9.55 Å². The van der Waals surface area contributed by atoms with E-state index in [0.29, 0.717) is 34.4 Å². The van der Waals surface area contributed by atoms with Gasteiger partial charge < -0.3 is 9.30 Å². The third-order valence-electron chi connectivity index (χ3n) is 5.71. The average Bonchev–Trinajstić information content (AvgIpc) is 3.05. The van der Waals surface area contributed by atoms with Crippen LogP contribution in [0.4, 0.5) is 0 Å². The molecule has 0 amide bonds. The summed E-state index contributed by atoms with van der Waals surface area (Å²) < 4.78 is 8.58. The molecule has 0 aliphatic heterocycles. The molecule has 3 rings (SSSR count). The van der Waals surface area contributed by atoms with Gasteiger partial charge in [0.25, 0.3) is 0 Å². The molecule has 1 fully saturated rings. The number of ether oxygens (including phenoxy) is 1. The lowest BCUT2D eigenvalue weighted by Crippen LogP contribution is -2.41. The number of hydrogen-bond acceptors (Lipinski definition) is 2. The van der Waals surface area contributed by atoms with Crippen molar-refractivity contribution in [2.24, 2.45) is 23.7 Å². The van der Waals surface area contributed by atoms with Crippen molar-refractivity contribution in [2.45, 2.75) is 52.9 Å². The summed E-state index contributed by atoms with van der Waals surface area (Å²) in [6.07, 6.45) is 8.36. The smallest absolute Gasteiger partial charge is 0.0946 e. The summed E-state index contributed by atoms with van der Waals surface area (Å²) in [4.78, 5) is 4.18. The van der Waals surface area contributed by atoms with E-state index < -0.39 is 0 Å². The number of aromatic nitrogens is 2. The molecular weight excluding hydrogens is 367 g/mol. The van der Waals surface area contributed by atoms with Crippen molar-refractivity contribution in [2.75, 3.05) is 0 Å². The third-order valence-corrected chi connectivity index (χ3v) is 6.30. The molecule has 5 heteroatoms. The van der Waals surface area contributed by atoms with Crippen LogP contribution in [0.15, 0.2) is 36.9 Å². The van der Waals surface area contributed by atoms with Crippen LogP contribution in [0.2, 0.25) is 10.0 Å². The summed E-state index contributed by atoms with van der Waals surface area (Å²) in [6.45, 7) is 8.43. The maximum absolute atomic E-state index is 6.46. The Balaban J connectivity index is 1.76. The highest BCUT2D eigenvalue weighted by Gasteiger charge is 2.37. The van der Waals surface area contributed by atoms with Crippen LogP contribution < -0.4 is 0 Å². The Labute approximate surface area is 166 Å². The Morgan fingerprint density at radius 1 is 1.19 bits per heavy atom. The summed E-state index contributed by atoms with van der Waals surface area (Å²) in [5.41, 5.74) is 0.983. The fourth-order valence-corrected chi connectivity index (χ4v) is 5.16. The number of imidazole rings is 1. The lowest BCUT2D eigenvalue weighted by molar-refractivity contribution is -0.0617. The van der Waals surface area contributed by atoms with Gasteiger partial charge in [-0.3, -0.25) is 0 Å². The Bertz CT molecular complexity index is 692. The Morgan fingerprint density at radius 2 is 1.92 bits per heavy atom. The van der Waals surface area contributed by atoms with E-state index in [1.54, 1.807) is 6.07 Å². The average molecular weight is 395 g/mol. The normalized spacial score (nSPS) is 27.4. The van der Waals surface area contributed by atoms with Crippen LogP contribution in [0.1, 0.15) is 39.2 Å². The van der Waals surface area contributed by atoms with Crippen molar-refractivity contribution in [3.05, 3.63) is 52.5 Å². The first-order chi connectivity index (χ1) is 12.4. The van der Waals surface area contributed by atoms with E-state index in [2.05, 4.69) is 30.3 Å². The minimum absolute atomic E-state index is 0.133. The molecule has 0 N–H and O–H groups in total. The second-order valence-electron chi connectivity index (χ2n) is 7.95. The summed E-state index contributed by atoms with van der Waals surface area (Å²) in [7, 11) is 0. The number of nitrogens with zero attached hydrogens (tertiary/aromatic N) is 2. The highest BCUT2D eigenvalue weighted by atomic mass is 35.5. The zero-order valence-corrected chi connectivity index (χ0v) is 17.2. The van der Waals surface area contributed by atoms with Gasteiger partial charge in [-0.2, -0.15) is 0 Å². The molecule has 0 bridgehead atoms. The lowest BCUT2D eigenvalue weighted by atomic mass is 9.67. The molecule has 1 saturated carbocycles. The maximum atomic E-state index is 6.46. The third kappa shape index (κ3) is 4.82. The van der Waals surface area contributed by atoms with E-state index in [-0.39, 0.29) is 6.10 Å². The maximum Gasteiger partial charge on any atom is 0.0946 e. The van der Waals surface area contributed by atoms with Crippen LogP contribution in [0, 0.1) is 23.7 Å². The van der Waals surface area contributed by atoms with Gasteiger partial charge in [-0.15, -0.1) is 0 Å². The van der Waals surface area contributed by atoms with Crippen LogP contribution in [-0.4, -0.2) is 15.7 Å². The van der Waals surface area contributed by atoms with Gasteiger partial charge in [0.15, 0.2) is 0 Å². The SMILES string of the molecule is CC1CC(C)C(C(Cn2ccnc2)OCc2ccc(Cl)cc2Cl)C(C)C1. The summed E-state index contributed by atoms with van der Waals surface area (Å²) in [5, 5.41) is 1.31. The molecule has 3 unspecified atom stereocenters. The van der Waals surface area contributed by atoms with Crippen LogP contribution in [0.25, 0.3) is 0 Å². The Morgan fingerprint density at radius 3 is 2.54 bits per heavy atom. The van der Waals surface area contributed by atoms with E-state index in [4.69, 9.17) is 27.9 Å². The minimum Gasteiger partial charge on any atom is -0.371 e. The fraction of sp³-hybridized carbons (Fsp3) is 0.571. The van der Waals surface area contributed by atoms with E-state index in [1.165, 1.54) is 12.8 Å². The van der Waals surface area contributed by atoms with Crippen molar-refractivity contribution < 1.29 is 4.74 Å². The predicted molar refractivity (Wildman–Crippen MR) is 107 cm³/mol. The number of benzene rings is 1. The quantitative estimate of drug-likeness (QED) is 0.592. The molecule has 2 aromatic rings. The van der Waals surface area contributed by atoms with Crippen LogP contribution in [0.5, 0.6) is 0 Å². The van der Waals surface area contributed by atoms with Crippen LogP contribution in [0.3, 0.4) is 0 Å². The molecule has 0 spiro atoms. The van der Waals surface area contributed by atoms with E-state index in [9.17, 15) is 0 Å². The van der Waals surface area contributed by atoms with Gasteiger partial charge in [0.05, 0.1) is 25.6 Å².